The number of hydrogen-bond acceptors (Lipinski definition) is 2. The number of methoxy groups -OCH3 is 1. The molecule has 3 rings (SSSR count). The molecule has 0 bridgehead atoms. The van der Waals surface area contributed by atoms with Crippen LogP contribution in [0.2, 0.25) is 0 Å². The maximum Gasteiger partial charge on any atom is 0.195 e. The predicted octanol–water partition coefficient (Wildman–Crippen LogP) is 3.86. The fourth-order valence-corrected chi connectivity index (χ4v) is 2.39. The largest absolute Gasteiger partial charge is 0.494 e. The Bertz CT molecular complexity index is 836. The number of benzene rings is 2. The van der Waals surface area contributed by atoms with Crippen LogP contribution in [0.25, 0.3) is 10.9 Å². The van der Waals surface area contributed by atoms with Gasteiger partial charge in [-0.15, -0.1) is 0 Å². The molecule has 3 nitrogen and oxygen atoms in total. The Morgan fingerprint density at radius 2 is 2.00 bits per heavy atom. The Hall–Kier alpha value is -2.62. The van der Waals surface area contributed by atoms with Gasteiger partial charge in [-0.1, -0.05) is 12.1 Å². The Kier molecular flexibility index (Phi) is 3.22. The molecule has 3 aromatic rings. The molecule has 1 aromatic heterocycles. The molecule has 106 valence electrons. The average Bonchev–Trinajstić information content (AvgIpc) is 2.89. The minimum absolute atomic E-state index is 0.126. The van der Waals surface area contributed by atoms with Crippen molar-refractivity contribution in [3.8, 4) is 5.75 Å². The summed E-state index contributed by atoms with van der Waals surface area (Å²) in [5.41, 5.74) is 2.84. The fourth-order valence-electron chi connectivity index (χ4n) is 2.39. The summed E-state index contributed by atoms with van der Waals surface area (Å²) >= 11 is 0. The molecule has 0 aliphatic heterocycles. The maximum atomic E-state index is 13.7. The number of aryl methyl sites for hydroxylation is 1. The van der Waals surface area contributed by atoms with E-state index in [0.717, 1.165) is 16.5 Å². The third-order valence-electron chi connectivity index (χ3n) is 3.50. The summed E-state index contributed by atoms with van der Waals surface area (Å²) < 4.78 is 18.6. The van der Waals surface area contributed by atoms with Crippen molar-refractivity contribution in [1.82, 2.24) is 4.98 Å². The van der Waals surface area contributed by atoms with Gasteiger partial charge < -0.3 is 9.72 Å². The first-order valence-corrected chi connectivity index (χ1v) is 6.56. The highest BCUT2D eigenvalue weighted by atomic mass is 19.1. The summed E-state index contributed by atoms with van der Waals surface area (Å²) in [6.07, 6.45) is 1.66. The lowest BCUT2D eigenvalue weighted by Gasteiger charge is -2.04. The first kappa shape index (κ1) is 13.4. The molecular weight excluding hydrogens is 269 g/mol. The van der Waals surface area contributed by atoms with Crippen LogP contribution in [0.4, 0.5) is 4.39 Å². The van der Waals surface area contributed by atoms with Crippen molar-refractivity contribution in [2.45, 2.75) is 6.92 Å². The quantitative estimate of drug-likeness (QED) is 0.742. The van der Waals surface area contributed by atoms with Crippen LogP contribution >= 0.6 is 0 Å². The van der Waals surface area contributed by atoms with E-state index in [9.17, 15) is 9.18 Å². The third kappa shape index (κ3) is 2.29. The van der Waals surface area contributed by atoms with E-state index in [1.807, 2.05) is 25.1 Å². The zero-order valence-corrected chi connectivity index (χ0v) is 11.7. The molecular formula is C17H14FNO2. The number of halogens is 1. The molecule has 0 fully saturated rings. The second-order valence-electron chi connectivity index (χ2n) is 4.93. The van der Waals surface area contributed by atoms with Gasteiger partial charge in [-0.3, -0.25) is 4.79 Å². The van der Waals surface area contributed by atoms with Gasteiger partial charge in [-0.05, 0) is 36.8 Å². The van der Waals surface area contributed by atoms with Crippen molar-refractivity contribution in [3.63, 3.8) is 0 Å². The Balaban J connectivity index is 2.06. The second-order valence-corrected chi connectivity index (χ2v) is 4.93. The van der Waals surface area contributed by atoms with Crippen LogP contribution in [0.3, 0.4) is 0 Å². The number of ketones is 1. The number of nitrogens with one attached hydrogen (secondary N) is 1. The van der Waals surface area contributed by atoms with Crippen molar-refractivity contribution in [1.29, 1.82) is 0 Å². The van der Waals surface area contributed by atoms with Crippen molar-refractivity contribution < 1.29 is 13.9 Å². The van der Waals surface area contributed by atoms with Crippen LogP contribution in [0, 0.1) is 12.7 Å². The Morgan fingerprint density at radius 1 is 1.19 bits per heavy atom. The average molecular weight is 283 g/mol. The maximum absolute atomic E-state index is 13.7. The Morgan fingerprint density at radius 3 is 2.71 bits per heavy atom. The molecule has 1 heterocycles. The number of carbonyl (C=O) groups is 1. The van der Waals surface area contributed by atoms with Crippen LogP contribution < -0.4 is 4.74 Å². The number of rotatable bonds is 3. The third-order valence-corrected chi connectivity index (χ3v) is 3.50. The van der Waals surface area contributed by atoms with Gasteiger partial charge in [-0.25, -0.2) is 4.39 Å². The normalized spacial score (nSPS) is 10.8. The minimum atomic E-state index is -0.543. The monoisotopic (exact) mass is 283 g/mol. The highest BCUT2D eigenvalue weighted by Crippen LogP contribution is 2.24. The van der Waals surface area contributed by atoms with Crippen molar-refractivity contribution >= 4 is 16.7 Å². The van der Waals surface area contributed by atoms with Crippen molar-refractivity contribution in [2.24, 2.45) is 0 Å². The van der Waals surface area contributed by atoms with E-state index in [4.69, 9.17) is 4.74 Å². The first-order valence-electron chi connectivity index (χ1n) is 6.56. The molecule has 21 heavy (non-hydrogen) atoms. The summed E-state index contributed by atoms with van der Waals surface area (Å²) in [7, 11) is 1.39. The molecule has 0 amide bonds. The van der Waals surface area contributed by atoms with Gasteiger partial charge in [0.05, 0.1) is 7.11 Å². The van der Waals surface area contributed by atoms with Crippen LogP contribution in [-0.4, -0.2) is 17.9 Å². The number of fused-ring (bicyclic) bond motifs is 1. The van der Waals surface area contributed by atoms with E-state index in [-0.39, 0.29) is 11.5 Å². The van der Waals surface area contributed by atoms with Crippen LogP contribution in [-0.2, 0) is 0 Å². The van der Waals surface area contributed by atoms with E-state index in [0.29, 0.717) is 11.1 Å². The molecule has 0 saturated carbocycles. The van der Waals surface area contributed by atoms with Crippen LogP contribution in [0.15, 0.2) is 42.6 Å². The molecule has 0 radical (unpaired) electrons. The summed E-state index contributed by atoms with van der Waals surface area (Å²) in [5.74, 6) is -0.633. The molecule has 4 heteroatoms. The van der Waals surface area contributed by atoms with E-state index in [1.165, 1.54) is 19.2 Å². The number of hydrogen-bond donors (Lipinski definition) is 1. The lowest BCUT2D eigenvalue weighted by molar-refractivity contribution is 0.104. The summed E-state index contributed by atoms with van der Waals surface area (Å²) in [6, 6.07) is 10.0. The molecule has 0 aliphatic carbocycles. The van der Waals surface area contributed by atoms with Crippen LogP contribution in [0.1, 0.15) is 21.5 Å². The standard InChI is InChI=1S/C17H14FNO2/c1-10-3-5-12-13(9-19-15(12)7-10)17(20)11-4-6-16(21-2)14(18)8-11/h3-9,19H,1-2H3. The van der Waals surface area contributed by atoms with Crippen molar-refractivity contribution in [2.75, 3.05) is 7.11 Å². The van der Waals surface area contributed by atoms with Gasteiger partial charge in [0.25, 0.3) is 0 Å². The first-order chi connectivity index (χ1) is 10.1. The van der Waals surface area contributed by atoms with Gasteiger partial charge in [-0.2, -0.15) is 0 Å². The predicted molar refractivity (Wildman–Crippen MR) is 79.4 cm³/mol. The van der Waals surface area contributed by atoms with E-state index in [2.05, 4.69) is 4.98 Å². The number of aromatic nitrogens is 1. The van der Waals surface area contributed by atoms with Gasteiger partial charge in [0, 0.05) is 28.2 Å². The van der Waals surface area contributed by atoms with Gasteiger partial charge >= 0.3 is 0 Å². The number of H-pyrrole nitrogens is 1. The lowest BCUT2D eigenvalue weighted by atomic mass is 10.0. The van der Waals surface area contributed by atoms with Gasteiger partial charge in [0.2, 0.25) is 0 Å². The fraction of sp³-hybridized carbons (Fsp3) is 0.118. The molecule has 1 N–H and O–H groups in total. The number of carbonyl (C=O) groups excluding carboxylic acids is 1. The van der Waals surface area contributed by atoms with E-state index >= 15 is 0 Å². The Labute approximate surface area is 121 Å². The molecule has 0 spiro atoms. The zero-order valence-electron chi connectivity index (χ0n) is 11.7. The number of ether oxygens (including phenoxy) is 1. The molecule has 0 saturated heterocycles. The molecule has 0 aliphatic rings. The summed E-state index contributed by atoms with van der Waals surface area (Å²) in [4.78, 5) is 15.6. The van der Waals surface area contributed by atoms with Gasteiger partial charge in [0.15, 0.2) is 17.3 Å². The second kappa shape index (κ2) is 5.05. The van der Waals surface area contributed by atoms with E-state index in [1.54, 1.807) is 12.3 Å². The van der Waals surface area contributed by atoms with Gasteiger partial charge in [0.1, 0.15) is 0 Å². The highest BCUT2D eigenvalue weighted by Gasteiger charge is 2.16. The molecule has 0 atom stereocenters. The molecule has 0 unspecified atom stereocenters. The van der Waals surface area contributed by atoms with Crippen LogP contribution in [0.5, 0.6) is 5.75 Å². The zero-order chi connectivity index (χ0) is 15.0. The molecule has 2 aromatic carbocycles. The minimum Gasteiger partial charge on any atom is -0.494 e. The summed E-state index contributed by atoms with van der Waals surface area (Å²) in [5, 5.41) is 0.835. The highest BCUT2D eigenvalue weighted by molar-refractivity contribution is 6.16. The summed E-state index contributed by atoms with van der Waals surface area (Å²) in [6.45, 7) is 1.99. The van der Waals surface area contributed by atoms with E-state index < -0.39 is 5.82 Å². The lowest BCUT2D eigenvalue weighted by Crippen LogP contribution is -2.01. The van der Waals surface area contributed by atoms with Crippen molar-refractivity contribution in [3.05, 3.63) is 65.1 Å². The number of aromatic amines is 1. The topological polar surface area (TPSA) is 42.1 Å². The SMILES string of the molecule is COc1ccc(C(=O)c2c[nH]c3cc(C)ccc23)cc1F. The smallest absolute Gasteiger partial charge is 0.195 e.